The van der Waals surface area contributed by atoms with Gasteiger partial charge in [-0.05, 0) is 117 Å². The first-order valence-electron chi connectivity index (χ1n) is 41.5. The van der Waals surface area contributed by atoms with Gasteiger partial charge in [0.2, 0.25) is 0 Å². The topological polar surface area (TPSA) is 785 Å². The Morgan fingerprint density at radius 1 is 0.482 bits per heavy atom. The summed E-state index contributed by atoms with van der Waals surface area (Å²) < 4.78 is 83.4. The number of aromatic nitrogens is 10. The number of fused-ring (bicyclic) bond motifs is 3. The van der Waals surface area contributed by atoms with E-state index in [9.17, 15) is 92.7 Å². The normalized spacial score (nSPS) is 27.2. The molecule has 14 rings (SSSR count). The average molecular weight is 2040 g/mol. The smallest absolute Gasteiger partial charge is 0.463 e. The number of hydrogen-bond acceptors (Lipinski definition) is 40. The van der Waals surface area contributed by atoms with Crippen LogP contribution >= 0.6 is 20.0 Å². The highest BCUT2D eigenvalue weighted by molar-refractivity contribution is 7.54. The van der Waals surface area contributed by atoms with Crippen LogP contribution in [0.2, 0.25) is 0 Å². The van der Waals surface area contributed by atoms with E-state index in [1.54, 1.807) is 125 Å². The van der Waals surface area contributed by atoms with Crippen molar-refractivity contribution in [1.82, 2.24) is 47.8 Å². The van der Waals surface area contributed by atoms with E-state index < -0.39 is 229 Å². The number of ether oxygens (including phenoxy) is 10. The van der Waals surface area contributed by atoms with Crippen LogP contribution in [0.4, 0.5) is 4.79 Å². The molecule has 23 atom stereocenters. The summed E-state index contributed by atoms with van der Waals surface area (Å²) in [5, 5.41) is 104. The van der Waals surface area contributed by atoms with Gasteiger partial charge < -0.3 is 114 Å². The number of carbonyl (C=O) groups excluding carboxylic acids is 3. The van der Waals surface area contributed by atoms with E-state index >= 15 is 0 Å². The third kappa shape index (κ3) is 30.3. The molecule has 141 heavy (non-hydrogen) atoms. The summed E-state index contributed by atoms with van der Waals surface area (Å²) in [7, 11) is -4.05. The molecule has 3 aromatic carbocycles. The minimum Gasteiger partial charge on any atom is -0.463 e. The second-order valence-electron chi connectivity index (χ2n) is 32.6. The minimum absolute atomic E-state index is 0. The molecule has 0 aliphatic carbocycles. The van der Waals surface area contributed by atoms with Crippen molar-refractivity contribution in [3.63, 3.8) is 0 Å². The lowest BCUT2D eigenvalue weighted by molar-refractivity contribution is -0.151. The van der Waals surface area contributed by atoms with Crippen LogP contribution in [0.3, 0.4) is 0 Å². The van der Waals surface area contributed by atoms with Crippen molar-refractivity contribution in [2.45, 2.75) is 244 Å². The SMILES string of the molecule is C.C.C.C.CC(C)OC(=O)[C@H](C)CP(=O)(OC[C@H]1O[C@@H](n2ccc(=O)[nH]c2=O)[C@](C)(N=[N+]=[N-])[C@@H]1O)Oc1ccccc1.CC(C)OC(=O)[C@H](C)N.C[C@@]1(N)[C@H](O)[C@@H](CO)O[C@H]1n1ccc(=O)[nH]c1=O.C[C@@]1(N=[N+]=[N-])[C@H](O)[C@@H](CO)O[C@H]1n1ccc(=O)[nH]c1=O.C[C@@]1(O)[C@H](O)[C@@H](CO)O[C@H]1n1ccc(=O)[nH]c1=O.C[C@@]12Oc3nc(=O)ccn3[C@@H]1O[C@H](CO)[C@H]2O.Cl.O=C(Oc1ccccc1)Oc1ccccc1. The average Bonchev–Trinajstić information content (AvgIpc) is 1.56. The van der Waals surface area contributed by atoms with Gasteiger partial charge >= 0.3 is 54.5 Å². The molecule has 0 radical (unpaired) electrons. The van der Waals surface area contributed by atoms with E-state index in [1.807, 2.05) is 22.1 Å². The lowest BCUT2D eigenvalue weighted by Gasteiger charge is -2.28. The maximum Gasteiger partial charge on any atom is 0.519 e. The number of nitrogens with two attached hydrogens (primary N) is 2. The van der Waals surface area contributed by atoms with Crippen LogP contribution in [-0.4, -0.2) is 263 Å². The number of halogens is 1. The van der Waals surface area contributed by atoms with Gasteiger partial charge in [-0.3, -0.25) is 80.9 Å². The Labute approximate surface area is 809 Å². The minimum atomic E-state index is -4.05. The number of carbonyl (C=O) groups is 3. The van der Waals surface area contributed by atoms with Gasteiger partial charge in [0.15, 0.2) is 36.7 Å². The molecule has 0 bridgehead atoms. The van der Waals surface area contributed by atoms with Crippen molar-refractivity contribution >= 4 is 38.1 Å². The fourth-order valence-electron chi connectivity index (χ4n) is 14.0. The molecule has 8 aromatic rings. The van der Waals surface area contributed by atoms with E-state index in [0.29, 0.717) is 11.5 Å². The van der Waals surface area contributed by atoms with E-state index in [2.05, 4.69) is 35.0 Å². The van der Waals surface area contributed by atoms with Gasteiger partial charge in [-0.15, -0.1) is 12.4 Å². The molecule has 11 heterocycles. The lowest BCUT2D eigenvalue weighted by atomic mass is 9.93. The first-order valence-corrected chi connectivity index (χ1v) is 43.2. The predicted molar refractivity (Wildman–Crippen MR) is 504 cm³/mol. The number of benzene rings is 3. The predicted octanol–water partition coefficient (Wildman–Crippen LogP) is 1.80. The third-order valence-electron chi connectivity index (χ3n) is 21.1. The number of aliphatic hydroxyl groups excluding tert-OH is 9. The zero-order valence-electron chi connectivity index (χ0n) is 75.2. The van der Waals surface area contributed by atoms with Crippen LogP contribution in [0.1, 0.15) is 137 Å². The second kappa shape index (κ2) is 53.4. The molecular weight excluding hydrogens is 1910 g/mol. The molecule has 53 nitrogen and oxygen atoms in total. The van der Waals surface area contributed by atoms with Crippen LogP contribution in [0, 0.1) is 5.92 Å². The van der Waals surface area contributed by atoms with Crippen molar-refractivity contribution < 1.29 is 126 Å². The molecule has 18 N–H and O–H groups in total. The number of azide groups is 2. The van der Waals surface area contributed by atoms with Gasteiger partial charge in [0, 0.05) is 71.1 Å². The van der Waals surface area contributed by atoms with Crippen LogP contribution in [-0.2, 0) is 51.8 Å². The Bertz CT molecular complexity index is 5970. The number of nitrogens with one attached hydrogen (secondary N) is 4. The lowest BCUT2D eigenvalue weighted by Crippen LogP contribution is -2.53. The molecule has 0 saturated carbocycles. The second-order valence-corrected chi connectivity index (χ2v) is 34.6. The van der Waals surface area contributed by atoms with Gasteiger partial charge in [0.1, 0.15) is 88.8 Å². The number of rotatable bonds is 23. The van der Waals surface area contributed by atoms with Crippen molar-refractivity contribution in [1.29, 1.82) is 0 Å². The molecule has 0 amide bonds. The molecule has 5 fully saturated rings. The Balaban J connectivity index is 0.000000436. The van der Waals surface area contributed by atoms with Gasteiger partial charge in [0.05, 0.1) is 75.1 Å². The number of para-hydroxylation sites is 3. The highest BCUT2D eigenvalue weighted by atomic mass is 35.5. The molecule has 55 heteroatoms. The highest BCUT2D eigenvalue weighted by Crippen LogP contribution is 2.52. The van der Waals surface area contributed by atoms with Crippen LogP contribution in [0.5, 0.6) is 23.3 Å². The number of H-pyrrole nitrogens is 4. The van der Waals surface area contributed by atoms with Crippen molar-refractivity contribution in [2.75, 3.05) is 39.2 Å². The Kier molecular flexibility index (Phi) is 46.4. The van der Waals surface area contributed by atoms with E-state index in [4.69, 9.17) is 99.4 Å². The highest BCUT2D eigenvalue weighted by Gasteiger charge is 2.61. The zero-order valence-corrected chi connectivity index (χ0v) is 76.9. The summed E-state index contributed by atoms with van der Waals surface area (Å²) in [6.45, 7) is 15.1. The number of esters is 2. The standard InChI is InChI=1S/C23H30N5O9P.C13H10O3.C10H13N5O5.C10H15N3O5.C10H14N2O6.C10H12N2O5.C6H13NO2.4CH4.ClH/c1-14(2)35-20(31)15(3)13-38(33,37-16-8-6-5-7-9-16)34-12-17-19(30)23(4,26-27-24)21(36-17)28-11-10-18(29)25-22(28)32;14-13(15-11-7-3-1-4-8-11)16-12-9-5-2-6-10-12;1-10(13-14-11)7(18)5(4-16)20-8(10)15-3-2-6(17)12-9(15)19;1-10(11)7(16)5(4-14)18-8(10)13-3-2-6(15)12-9(13)17;1-10(17)7(15)5(4-13)18-8(10)12-3-2-6(14)11-9(12)16;1-10-7(15)5(4-13)16-8(10)12-3-2-6(14)11-9(12)17-10;1-4(2)9-6(8)5(3)7;;;;;/h5-11,14-15,17,19,21,30H,12-13H2,1-4H3,(H,25,29,32);1-10H;2-3,5,7-8,16,18H,4H2,1H3,(H,12,17,19);2-3,5,7-8,14,16H,4,11H2,1H3,(H,12,15,17);2-3,5,7-8,13,15,17H,4H2,1H3,(H,11,14,16);2-3,5,7-8,13,15H,4H2,1H3;4-5H,7H2,1-3H3;4*1H4;1H/t15-,17-,19-,21-,23-,38?;;3*5-,7-,8-,10-;5-,7-,8-,10+;5-;;;;;/m1.11110...../s1. The summed E-state index contributed by atoms with van der Waals surface area (Å²) >= 11 is 0. The van der Waals surface area contributed by atoms with Gasteiger partial charge in [-0.2, -0.15) is 4.98 Å². The summed E-state index contributed by atoms with van der Waals surface area (Å²) in [4.78, 5) is 155. The van der Waals surface area contributed by atoms with Crippen molar-refractivity contribution in [3.05, 3.63) is 267 Å². The molecule has 1 unspecified atom stereocenters. The first kappa shape index (κ1) is 123. The van der Waals surface area contributed by atoms with Crippen molar-refractivity contribution in [2.24, 2.45) is 27.6 Å². The van der Waals surface area contributed by atoms with E-state index in [0.717, 1.165) is 54.9 Å². The number of aromatic amines is 4. The molecule has 5 aromatic heterocycles. The Hall–Kier alpha value is -12.5. The van der Waals surface area contributed by atoms with Crippen molar-refractivity contribution in [3.8, 4) is 23.3 Å². The van der Waals surface area contributed by atoms with Gasteiger partial charge in [-0.1, -0.05) is 101 Å². The number of nitrogens with zero attached hydrogens (tertiary/aromatic N) is 12. The summed E-state index contributed by atoms with van der Waals surface area (Å²) in [5.41, 5.74) is 15.8. The summed E-state index contributed by atoms with van der Waals surface area (Å²) in [5.74, 6) is -0.644. The monoisotopic (exact) mass is 2030 g/mol. The zero-order chi connectivity index (χ0) is 101. The fourth-order valence-corrected chi connectivity index (χ4v) is 15.9. The molecule has 0 spiro atoms. The fraction of sp³-hybridized carbons (Fsp3) is 0.523. The van der Waals surface area contributed by atoms with Crippen LogP contribution < -0.4 is 80.8 Å². The van der Waals surface area contributed by atoms with Gasteiger partial charge in [-0.25, -0.2) is 28.5 Å². The molecule has 780 valence electrons. The largest absolute Gasteiger partial charge is 0.519 e. The summed E-state index contributed by atoms with van der Waals surface area (Å²) in [6, 6.07) is 31.1. The van der Waals surface area contributed by atoms with E-state index in [-0.39, 0.29) is 84.8 Å². The maximum absolute atomic E-state index is 13.8. The van der Waals surface area contributed by atoms with E-state index in [1.165, 1.54) is 59.3 Å². The molecule has 6 aliphatic rings. The Morgan fingerprint density at radius 3 is 1.20 bits per heavy atom. The van der Waals surface area contributed by atoms with Crippen LogP contribution in [0.25, 0.3) is 20.9 Å². The van der Waals surface area contributed by atoms with Crippen LogP contribution in [0.15, 0.2) is 206 Å². The summed E-state index contributed by atoms with van der Waals surface area (Å²) in [6.07, 6.45) is -11.6. The van der Waals surface area contributed by atoms with Gasteiger partial charge in [0.25, 0.3) is 27.8 Å². The molecule has 5 saturated heterocycles. The molecular formula is C86H124ClN18O35P. The quantitative estimate of drug-likeness (QED) is 0.0108. The first-order chi connectivity index (χ1) is 64.0. The maximum atomic E-state index is 13.8. The number of hydrogen-bond donors (Lipinski definition) is 16. The number of aliphatic hydroxyl groups is 10. The third-order valence-corrected chi connectivity index (χ3v) is 23.2. The molecule has 6 aliphatic heterocycles. The Morgan fingerprint density at radius 2 is 0.823 bits per heavy atom.